The number of rotatable bonds is 9. The maximum absolute atomic E-state index is 3.00. The van der Waals surface area contributed by atoms with Crippen molar-refractivity contribution in [2.45, 2.75) is 96.2 Å². The Morgan fingerprint density at radius 3 is 1.85 bits per heavy atom. The van der Waals surface area contributed by atoms with E-state index in [1.807, 2.05) is 0 Å². The summed E-state index contributed by atoms with van der Waals surface area (Å²) in [5.74, 6) is 0. The van der Waals surface area contributed by atoms with Gasteiger partial charge in [-0.2, -0.15) is 0 Å². The SMILES string of the molecule is CCCCC(CCCC)N(C1CC1)C1CCN(C)CC1. The van der Waals surface area contributed by atoms with Gasteiger partial charge < -0.3 is 4.90 Å². The molecule has 2 nitrogen and oxygen atoms in total. The highest BCUT2D eigenvalue weighted by Gasteiger charge is 2.38. The monoisotopic (exact) mass is 280 g/mol. The third-order valence-electron chi connectivity index (χ3n) is 5.28. The first kappa shape index (κ1) is 16.3. The second-order valence-corrected chi connectivity index (χ2v) is 7.15. The summed E-state index contributed by atoms with van der Waals surface area (Å²) in [6.45, 7) is 7.30. The van der Waals surface area contributed by atoms with E-state index in [0.29, 0.717) is 0 Å². The smallest absolute Gasteiger partial charge is 0.0125 e. The van der Waals surface area contributed by atoms with Gasteiger partial charge in [-0.3, -0.25) is 4.90 Å². The Kier molecular flexibility index (Phi) is 6.83. The zero-order valence-electron chi connectivity index (χ0n) is 14.1. The largest absolute Gasteiger partial charge is 0.306 e. The molecule has 0 N–H and O–H groups in total. The highest BCUT2D eigenvalue weighted by molar-refractivity contribution is 4.94. The van der Waals surface area contributed by atoms with Crippen molar-refractivity contribution >= 4 is 0 Å². The molecular weight excluding hydrogens is 244 g/mol. The first-order valence-electron chi connectivity index (χ1n) is 9.22. The lowest BCUT2D eigenvalue weighted by molar-refractivity contribution is 0.0632. The second kappa shape index (κ2) is 8.38. The van der Waals surface area contributed by atoms with Gasteiger partial charge in [-0.15, -0.1) is 0 Å². The average molecular weight is 280 g/mol. The predicted molar refractivity (Wildman–Crippen MR) is 88.2 cm³/mol. The zero-order chi connectivity index (χ0) is 14.4. The van der Waals surface area contributed by atoms with E-state index in [0.717, 1.165) is 18.1 Å². The van der Waals surface area contributed by atoms with E-state index in [9.17, 15) is 0 Å². The van der Waals surface area contributed by atoms with Crippen molar-refractivity contribution in [2.75, 3.05) is 20.1 Å². The van der Waals surface area contributed by atoms with Crippen LogP contribution in [0.15, 0.2) is 0 Å². The van der Waals surface area contributed by atoms with E-state index < -0.39 is 0 Å². The van der Waals surface area contributed by atoms with Gasteiger partial charge in [-0.25, -0.2) is 0 Å². The van der Waals surface area contributed by atoms with Gasteiger partial charge in [0.2, 0.25) is 0 Å². The van der Waals surface area contributed by atoms with Crippen LogP contribution >= 0.6 is 0 Å². The van der Waals surface area contributed by atoms with Crippen molar-refractivity contribution in [3.8, 4) is 0 Å². The molecule has 1 aliphatic carbocycles. The normalized spacial score (nSPS) is 22.1. The van der Waals surface area contributed by atoms with Crippen LogP contribution in [0.25, 0.3) is 0 Å². The molecule has 2 aliphatic rings. The van der Waals surface area contributed by atoms with E-state index in [4.69, 9.17) is 0 Å². The summed E-state index contributed by atoms with van der Waals surface area (Å²) in [6, 6.07) is 2.72. The summed E-state index contributed by atoms with van der Waals surface area (Å²) in [7, 11) is 2.28. The summed E-state index contributed by atoms with van der Waals surface area (Å²) in [5, 5.41) is 0. The van der Waals surface area contributed by atoms with Crippen LogP contribution in [0.3, 0.4) is 0 Å². The molecule has 0 amide bonds. The fraction of sp³-hybridized carbons (Fsp3) is 1.00. The summed E-state index contributed by atoms with van der Waals surface area (Å²) >= 11 is 0. The summed E-state index contributed by atoms with van der Waals surface area (Å²) in [6.07, 6.45) is 14.2. The second-order valence-electron chi connectivity index (χ2n) is 7.15. The van der Waals surface area contributed by atoms with Crippen LogP contribution in [0.2, 0.25) is 0 Å². The summed E-state index contributed by atoms with van der Waals surface area (Å²) in [4.78, 5) is 5.51. The summed E-state index contributed by atoms with van der Waals surface area (Å²) < 4.78 is 0. The molecule has 0 unspecified atom stereocenters. The van der Waals surface area contributed by atoms with Crippen LogP contribution in [-0.4, -0.2) is 48.1 Å². The van der Waals surface area contributed by atoms with Crippen molar-refractivity contribution < 1.29 is 0 Å². The van der Waals surface area contributed by atoms with Crippen LogP contribution in [0.1, 0.15) is 78.1 Å². The van der Waals surface area contributed by atoms with Crippen molar-refractivity contribution in [1.29, 1.82) is 0 Å². The number of likely N-dealkylation sites (tertiary alicyclic amines) is 1. The topological polar surface area (TPSA) is 6.48 Å². The molecule has 0 bridgehead atoms. The number of unbranched alkanes of at least 4 members (excludes halogenated alkanes) is 2. The lowest BCUT2D eigenvalue weighted by Gasteiger charge is -2.42. The van der Waals surface area contributed by atoms with Gasteiger partial charge in [0.25, 0.3) is 0 Å². The van der Waals surface area contributed by atoms with Gasteiger partial charge in [-0.1, -0.05) is 39.5 Å². The number of hydrogen-bond acceptors (Lipinski definition) is 2. The molecule has 2 heteroatoms. The zero-order valence-corrected chi connectivity index (χ0v) is 14.1. The Morgan fingerprint density at radius 1 is 0.900 bits per heavy atom. The van der Waals surface area contributed by atoms with Gasteiger partial charge >= 0.3 is 0 Å². The van der Waals surface area contributed by atoms with Gasteiger partial charge in [0, 0.05) is 18.1 Å². The Morgan fingerprint density at radius 2 is 1.40 bits per heavy atom. The molecule has 0 aromatic carbocycles. The Hall–Kier alpha value is -0.0800. The molecule has 0 aromatic heterocycles. The first-order chi connectivity index (χ1) is 9.76. The van der Waals surface area contributed by atoms with Gasteiger partial charge in [0.1, 0.15) is 0 Å². The molecule has 1 saturated carbocycles. The number of hydrogen-bond donors (Lipinski definition) is 0. The molecule has 1 aliphatic heterocycles. The Balaban J connectivity index is 1.95. The molecule has 20 heavy (non-hydrogen) atoms. The van der Waals surface area contributed by atoms with Crippen LogP contribution in [0.4, 0.5) is 0 Å². The maximum atomic E-state index is 3.00. The van der Waals surface area contributed by atoms with Crippen molar-refractivity contribution in [2.24, 2.45) is 0 Å². The van der Waals surface area contributed by atoms with E-state index in [2.05, 4.69) is 30.7 Å². The molecule has 118 valence electrons. The minimum absolute atomic E-state index is 0.885. The van der Waals surface area contributed by atoms with E-state index in [1.165, 1.54) is 77.3 Å². The summed E-state index contributed by atoms with van der Waals surface area (Å²) in [5.41, 5.74) is 0. The van der Waals surface area contributed by atoms with Crippen LogP contribution in [-0.2, 0) is 0 Å². The standard InChI is InChI=1S/C18H36N2/c1-4-6-8-16(9-7-5-2)20(17-10-11-17)18-12-14-19(3)15-13-18/h16-18H,4-15H2,1-3H3. The van der Waals surface area contributed by atoms with E-state index in [-0.39, 0.29) is 0 Å². The van der Waals surface area contributed by atoms with Crippen LogP contribution < -0.4 is 0 Å². The average Bonchev–Trinajstić information content (AvgIpc) is 3.28. The van der Waals surface area contributed by atoms with E-state index >= 15 is 0 Å². The van der Waals surface area contributed by atoms with Crippen LogP contribution in [0, 0.1) is 0 Å². The fourth-order valence-corrected chi connectivity index (χ4v) is 3.88. The highest BCUT2D eigenvalue weighted by atomic mass is 15.3. The lowest BCUT2D eigenvalue weighted by atomic mass is 9.95. The number of piperidine rings is 1. The molecule has 0 radical (unpaired) electrons. The molecule has 1 saturated heterocycles. The van der Waals surface area contributed by atoms with Gasteiger partial charge in [-0.05, 0) is 58.7 Å². The van der Waals surface area contributed by atoms with Crippen molar-refractivity contribution in [3.63, 3.8) is 0 Å². The van der Waals surface area contributed by atoms with Crippen molar-refractivity contribution in [1.82, 2.24) is 9.80 Å². The minimum Gasteiger partial charge on any atom is -0.306 e. The van der Waals surface area contributed by atoms with Gasteiger partial charge in [0.15, 0.2) is 0 Å². The van der Waals surface area contributed by atoms with Crippen LogP contribution in [0.5, 0.6) is 0 Å². The lowest BCUT2D eigenvalue weighted by Crippen LogP contribution is -2.49. The molecule has 0 aromatic rings. The molecule has 2 rings (SSSR count). The first-order valence-corrected chi connectivity index (χ1v) is 9.22. The molecule has 0 spiro atoms. The predicted octanol–water partition coefficient (Wildman–Crippen LogP) is 4.29. The Bertz CT molecular complexity index is 246. The van der Waals surface area contributed by atoms with Crippen molar-refractivity contribution in [3.05, 3.63) is 0 Å². The number of nitrogens with zero attached hydrogens (tertiary/aromatic N) is 2. The maximum Gasteiger partial charge on any atom is 0.0125 e. The van der Waals surface area contributed by atoms with E-state index in [1.54, 1.807) is 0 Å². The van der Waals surface area contributed by atoms with Gasteiger partial charge in [0.05, 0.1) is 0 Å². The molecule has 0 atom stereocenters. The molecular formula is C18H36N2. The minimum atomic E-state index is 0.885. The quantitative estimate of drug-likeness (QED) is 0.621. The third kappa shape index (κ3) is 4.73. The Labute approximate surface area is 126 Å². The third-order valence-corrected chi connectivity index (χ3v) is 5.28. The molecule has 1 heterocycles. The highest BCUT2D eigenvalue weighted by Crippen LogP contribution is 2.36. The fourth-order valence-electron chi connectivity index (χ4n) is 3.88. The molecule has 2 fully saturated rings.